The van der Waals surface area contributed by atoms with Gasteiger partial charge < -0.3 is 9.47 Å². The first-order chi connectivity index (χ1) is 9.76. The lowest BCUT2D eigenvalue weighted by Crippen LogP contribution is -2.01. The van der Waals surface area contributed by atoms with E-state index in [0.29, 0.717) is 6.61 Å². The third-order valence-corrected chi connectivity index (χ3v) is 3.33. The van der Waals surface area contributed by atoms with Gasteiger partial charge in [0.15, 0.2) is 11.5 Å². The maximum absolute atomic E-state index is 5.70. The zero-order valence-electron chi connectivity index (χ0n) is 10.8. The Morgan fingerprint density at radius 2 is 1.80 bits per heavy atom. The van der Waals surface area contributed by atoms with Gasteiger partial charge in [-0.1, -0.05) is 0 Å². The number of hydrogen-bond donors (Lipinski definition) is 0. The molecule has 1 aromatic carbocycles. The molecular weight excluding hydrogens is 322 g/mol. The molecule has 2 aromatic heterocycles. The first kappa shape index (κ1) is 12.9. The molecule has 0 aliphatic carbocycles. The van der Waals surface area contributed by atoms with Gasteiger partial charge in [-0.3, -0.25) is 4.40 Å². The molecule has 102 valence electrons. The minimum atomic E-state index is 0.351. The lowest BCUT2D eigenvalue weighted by atomic mass is 10.3. The van der Waals surface area contributed by atoms with Crippen LogP contribution in [0, 0.1) is 0 Å². The summed E-state index contributed by atoms with van der Waals surface area (Å²) in [6.45, 7) is 0.351. The molecule has 3 aromatic rings. The third-order valence-electron chi connectivity index (χ3n) is 2.86. The van der Waals surface area contributed by atoms with Gasteiger partial charge in [0.25, 0.3) is 0 Å². The normalized spacial score (nSPS) is 10.7. The first-order valence-electron chi connectivity index (χ1n) is 6.02. The summed E-state index contributed by atoms with van der Waals surface area (Å²) in [5, 5.41) is 8.22. The van der Waals surface area contributed by atoms with Crippen molar-refractivity contribution in [1.29, 1.82) is 0 Å². The molecule has 0 spiro atoms. The average Bonchev–Trinajstić information content (AvgIpc) is 2.88. The van der Waals surface area contributed by atoms with Crippen molar-refractivity contribution in [2.24, 2.45) is 0 Å². The molecule has 0 radical (unpaired) electrons. The van der Waals surface area contributed by atoms with Crippen molar-refractivity contribution in [2.75, 3.05) is 7.11 Å². The van der Waals surface area contributed by atoms with E-state index in [1.807, 2.05) is 47.0 Å². The Labute approximate surface area is 124 Å². The van der Waals surface area contributed by atoms with E-state index in [-0.39, 0.29) is 0 Å². The fraction of sp³-hybridized carbons (Fsp3) is 0.143. The van der Waals surface area contributed by atoms with Crippen LogP contribution in [0.25, 0.3) is 5.65 Å². The van der Waals surface area contributed by atoms with Crippen LogP contribution in [0.1, 0.15) is 5.82 Å². The van der Waals surface area contributed by atoms with Gasteiger partial charge in [-0.05, 0) is 52.3 Å². The highest BCUT2D eigenvalue weighted by Gasteiger charge is 2.06. The van der Waals surface area contributed by atoms with Crippen molar-refractivity contribution < 1.29 is 9.47 Å². The highest BCUT2D eigenvalue weighted by molar-refractivity contribution is 9.10. The van der Waals surface area contributed by atoms with Gasteiger partial charge in [0, 0.05) is 10.7 Å². The Hall–Kier alpha value is -2.08. The van der Waals surface area contributed by atoms with Crippen molar-refractivity contribution in [2.45, 2.75) is 6.61 Å². The average molecular weight is 334 g/mol. The first-order valence-corrected chi connectivity index (χ1v) is 6.81. The zero-order chi connectivity index (χ0) is 13.9. The maximum atomic E-state index is 5.70. The summed E-state index contributed by atoms with van der Waals surface area (Å²) < 4.78 is 13.7. The number of aromatic nitrogens is 3. The summed E-state index contributed by atoms with van der Waals surface area (Å²) in [6, 6.07) is 11.3. The van der Waals surface area contributed by atoms with Crippen molar-refractivity contribution >= 4 is 21.6 Å². The van der Waals surface area contributed by atoms with E-state index in [1.54, 1.807) is 7.11 Å². The maximum Gasteiger partial charge on any atom is 0.175 e. The molecule has 3 rings (SSSR count). The van der Waals surface area contributed by atoms with Gasteiger partial charge in [-0.15, -0.1) is 10.2 Å². The second kappa shape index (κ2) is 5.50. The van der Waals surface area contributed by atoms with Gasteiger partial charge in [-0.2, -0.15) is 0 Å². The molecule has 20 heavy (non-hydrogen) atoms. The molecule has 0 unspecified atom stereocenters. The summed E-state index contributed by atoms with van der Waals surface area (Å²) in [5.74, 6) is 2.31. The fourth-order valence-electron chi connectivity index (χ4n) is 1.83. The molecule has 5 nitrogen and oxygen atoms in total. The van der Waals surface area contributed by atoms with Crippen LogP contribution < -0.4 is 9.47 Å². The van der Waals surface area contributed by atoms with Gasteiger partial charge >= 0.3 is 0 Å². The van der Waals surface area contributed by atoms with E-state index in [1.165, 1.54) is 0 Å². The number of pyridine rings is 1. The van der Waals surface area contributed by atoms with Crippen molar-refractivity contribution in [3.05, 3.63) is 52.9 Å². The molecule has 0 amide bonds. The Bertz CT molecular complexity index is 725. The Kier molecular flexibility index (Phi) is 3.56. The van der Waals surface area contributed by atoms with Crippen molar-refractivity contribution in [3.8, 4) is 11.5 Å². The fourth-order valence-corrected chi connectivity index (χ4v) is 2.17. The van der Waals surface area contributed by atoms with E-state index in [9.17, 15) is 0 Å². The number of rotatable bonds is 4. The number of hydrogen-bond acceptors (Lipinski definition) is 4. The monoisotopic (exact) mass is 333 g/mol. The lowest BCUT2D eigenvalue weighted by Gasteiger charge is -2.06. The van der Waals surface area contributed by atoms with Gasteiger partial charge in [0.1, 0.15) is 18.1 Å². The van der Waals surface area contributed by atoms with E-state index >= 15 is 0 Å². The van der Waals surface area contributed by atoms with Gasteiger partial charge in [0.2, 0.25) is 0 Å². The Morgan fingerprint density at radius 3 is 2.55 bits per heavy atom. The van der Waals surface area contributed by atoms with Crippen LogP contribution in [-0.2, 0) is 6.61 Å². The van der Waals surface area contributed by atoms with Gasteiger partial charge in [-0.25, -0.2) is 0 Å². The highest BCUT2D eigenvalue weighted by atomic mass is 79.9. The largest absolute Gasteiger partial charge is 0.497 e. The number of ether oxygens (including phenoxy) is 2. The van der Waals surface area contributed by atoms with Crippen LogP contribution in [-0.4, -0.2) is 21.7 Å². The molecule has 0 aliphatic rings. The molecule has 6 heteroatoms. The second-order valence-corrected chi connectivity index (χ2v) is 5.07. The predicted molar refractivity (Wildman–Crippen MR) is 78.0 cm³/mol. The quantitative estimate of drug-likeness (QED) is 0.736. The molecular formula is C14H12BrN3O2. The highest BCUT2D eigenvalue weighted by Crippen LogP contribution is 2.18. The number of nitrogens with zero attached hydrogens (tertiary/aromatic N) is 3. The third kappa shape index (κ3) is 2.60. The SMILES string of the molecule is COc1ccc(OCc2nnc3ccc(Br)cn23)cc1. The summed E-state index contributed by atoms with van der Waals surface area (Å²) in [4.78, 5) is 0. The number of benzene rings is 1. The molecule has 2 heterocycles. The molecule has 0 fully saturated rings. The van der Waals surface area contributed by atoms with E-state index in [2.05, 4.69) is 26.1 Å². The molecule has 0 aliphatic heterocycles. The number of fused-ring (bicyclic) bond motifs is 1. The smallest absolute Gasteiger partial charge is 0.175 e. The van der Waals surface area contributed by atoms with Crippen LogP contribution in [0.4, 0.5) is 0 Å². The van der Waals surface area contributed by atoms with Crippen LogP contribution in [0.3, 0.4) is 0 Å². The number of halogens is 1. The minimum Gasteiger partial charge on any atom is -0.497 e. The van der Waals surface area contributed by atoms with Crippen LogP contribution in [0.2, 0.25) is 0 Å². The van der Waals surface area contributed by atoms with Gasteiger partial charge in [0.05, 0.1) is 7.11 Å². The van der Waals surface area contributed by atoms with Crippen LogP contribution in [0.15, 0.2) is 47.1 Å². The van der Waals surface area contributed by atoms with E-state index < -0.39 is 0 Å². The lowest BCUT2D eigenvalue weighted by molar-refractivity contribution is 0.294. The molecule has 0 N–H and O–H groups in total. The predicted octanol–water partition coefficient (Wildman–Crippen LogP) is 3.08. The Balaban J connectivity index is 1.77. The summed E-state index contributed by atoms with van der Waals surface area (Å²) in [5.41, 5.74) is 0.793. The summed E-state index contributed by atoms with van der Waals surface area (Å²) in [6.07, 6.45) is 1.92. The molecule has 0 atom stereocenters. The summed E-state index contributed by atoms with van der Waals surface area (Å²) in [7, 11) is 1.63. The minimum absolute atomic E-state index is 0.351. The standard InChI is InChI=1S/C14H12BrN3O2/c1-19-11-3-5-12(6-4-11)20-9-14-17-16-13-7-2-10(15)8-18(13)14/h2-8H,9H2,1H3. The van der Waals surface area contributed by atoms with Crippen LogP contribution in [0.5, 0.6) is 11.5 Å². The van der Waals surface area contributed by atoms with E-state index in [0.717, 1.165) is 27.4 Å². The molecule has 0 bridgehead atoms. The molecule has 0 saturated heterocycles. The Morgan fingerprint density at radius 1 is 1.05 bits per heavy atom. The van der Waals surface area contributed by atoms with Crippen molar-refractivity contribution in [3.63, 3.8) is 0 Å². The van der Waals surface area contributed by atoms with Crippen LogP contribution >= 0.6 is 15.9 Å². The van der Waals surface area contributed by atoms with Crippen molar-refractivity contribution in [1.82, 2.24) is 14.6 Å². The molecule has 0 saturated carbocycles. The van der Waals surface area contributed by atoms with E-state index in [4.69, 9.17) is 9.47 Å². The second-order valence-electron chi connectivity index (χ2n) is 4.16. The number of methoxy groups -OCH3 is 1. The topological polar surface area (TPSA) is 48.7 Å². The zero-order valence-corrected chi connectivity index (χ0v) is 12.4. The summed E-state index contributed by atoms with van der Waals surface area (Å²) >= 11 is 3.43.